The number of fused-ring (bicyclic) bond motifs is 1. The Morgan fingerprint density at radius 2 is 1.77 bits per heavy atom. The van der Waals surface area contributed by atoms with Crippen molar-refractivity contribution in [3.8, 4) is 22.8 Å². The number of aromatic nitrogens is 1. The number of aryl methyl sites for hydroxylation is 1. The van der Waals surface area contributed by atoms with Gasteiger partial charge in [-0.3, -0.25) is 9.36 Å². The molecule has 0 aliphatic carbocycles. The molecule has 2 aromatic carbocycles. The molecule has 0 saturated heterocycles. The molecule has 0 N–H and O–H groups in total. The van der Waals surface area contributed by atoms with Crippen LogP contribution in [0.5, 0.6) is 11.5 Å². The fourth-order valence-corrected chi connectivity index (χ4v) is 6.12. The lowest BCUT2D eigenvalue weighted by molar-refractivity contribution is -0.143. The van der Waals surface area contributed by atoms with Crippen molar-refractivity contribution in [2.75, 3.05) is 21.3 Å². The second kappa shape index (κ2) is 12.4. The molecule has 1 atom stereocenters. The van der Waals surface area contributed by atoms with Crippen LogP contribution in [-0.2, 0) is 14.3 Å². The number of esters is 2. The number of hydrogen-bond donors (Lipinski definition) is 0. The molecule has 0 amide bonds. The Bertz CT molecular complexity index is 1980. The number of furan rings is 1. The number of hydrogen-bond acceptors (Lipinski definition) is 10. The summed E-state index contributed by atoms with van der Waals surface area (Å²) in [6.07, 6.45) is 1.27. The molecular formula is C33H32N2O8S. The molecule has 1 aliphatic rings. The standard InChI is InChI=1S/C33H32N2O8S/c1-17(2)42-32(38)28-19(4)34-33-35(29(28)24-15-21(39-5)9-12-25(24)40-6)30(36)27(44-33)16-22-10-13-26(43-22)23-11-8-20(14-18(23)3)31(37)41-7/h8-17,29H,1-7H3/b27-16-/t29-/m0/s1. The summed E-state index contributed by atoms with van der Waals surface area (Å²) in [6.45, 7) is 7.12. The lowest BCUT2D eigenvalue weighted by Gasteiger charge is -2.26. The lowest BCUT2D eigenvalue weighted by atomic mass is 9.94. The zero-order valence-corrected chi connectivity index (χ0v) is 26.2. The van der Waals surface area contributed by atoms with Gasteiger partial charge in [0.1, 0.15) is 29.1 Å². The zero-order valence-electron chi connectivity index (χ0n) is 25.4. The summed E-state index contributed by atoms with van der Waals surface area (Å²) in [7, 11) is 4.40. The third kappa shape index (κ3) is 5.70. The van der Waals surface area contributed by atoms with E-state index in [0.29, 0.717) is 49.2 Å². The summed E-state index contributed by atoms with van der Waals surface area (Å²) in [5, 5.41) is 0. The summed E-state index contributed by atoms with van der Waals surface area (Å²) >= 11 is 1.18. The Morgan fingerprint density at radius 3 is 2.43 bits per heavy atom. The van der Waals surface area contributed by atoms with E-state index in [-0.39, 0.29) is 17.2 Å². The molecule has 0 fully saturated rings. The highest BCUT2D eigenvalue weighted by Gasteiger charge is 2.36. The molecule has 11 heteroatoms. The van der Waals surface area contributed by atoms with Crippen molar-refractivity contribution < 1.29 is 33.0 Å². The fraction of sp³-hybridized carbons (Fsp3) is 0.273. The highest BCUT2D eigenvalue weighted by atomic mass is 32.1. The van der Waals surface area contributed by atoms with E-state index in [4.69, 9.17) is 23.4 Å². The monoisotopic (exact) mass is 616 g/mol. The van der Waals surface area contributed by atoms with Gasteiger partial charge in [0.25, 0.3) is 5.56 Å². The first kappa shape index (κ1) is 30.6. The van der Waals surface area contributed by atoms with Crippen molar-refractivity contribution in [2.24, 2.45) is 4.99 Å². The minimum atomic E-state index is -0.882. The predicted octanol–water partition coefficient (Wildman–Crippen LogP) is 4.56. The number of nitrogens with zero attached hydrogens (tertiary/aromatic N) is 2. The molecular weight excluding hydrogens is 584 g/mol. The van der Waals surface area contributed by atoms with Crippen molar-refractivity contribution in [2.45, 2.75) is 39.8 Å². The minimum Gasteiger partial charge on any atom is -0.497 e. The molecule has 228 valence electrons. The third-order valence-corrected chi connectivity index (χ3v) is 8.11. The zero-order chi connectivity index (χ0) is 31.7. The first-order valence-corrected chi connectivity index (χ1v) is 14.6. The SMILES string of the molecule is COC(=O)c1ccc(-c2ccc(/C=c3\sc4n(c3=O)[C@@H](c3cc(OC)ccc3OC)C(C(=O)OC(C)C)=C(C)N=4)o2)c(C)c1. The van der Waals surface area contributed by atoms with Crippen LogP contribution in [0, 0.1) is 6.92 Å². The van der Waals surface area contributed by atoms with Crippen molar-refractivity contribution in [1.82, 2.24) is 4.57 Å². The first-order chi connectivity index (χ1) is 21.1. The van der Waals surface area contributed by atoms with E-state index >= 15 is 0 Å². The van der Waals surface area contributed by atoms with E-state index in [2.05, 4.69) is 4.99 Å². The van der Waals surface area contributed by atoms with Crippen molar-refractivity contribution in [1.29, 1.82) is 0 Å². The molecule has 0 radical (unpaired) electrons. The van der Waals surface area contributed by atoms with Crippen LogP contribution in [0.2, 0.25) is 0 Å². The molecule has 0 unspecified atom stereocenters. The molecule has 0 bridgehead atoms. The Balaban J connectivity index is 1.64. The Morgan fingerprint density at radius 1 is 1.00 bits per heavy atom. The van der Waals surface area contributed by atoms with Gasteiger partial charge in [0.15, 0.2) is 4.80 Å². The van der Waals surface area contributed by atoms with Gasteiger partial charge in [-0.25, -0.2) is 14.6 Å². The number of benzene rings is 2. The largest absolute Gasteiger partial charge is 0.497 e. The summed E-state index contributed by atoms with van der Waals surface area (Å²) in [6, 6.07) is 13.1. The molecule has 0 saturated carbocycles. The van der Waals surface area contributed by atoms with Gasteiger partial charge in [0.2, 0.25) is 0 Å². The highest BCUT2D eigenvalue weighted by Crippen LogP contribution is 2.38. The quantitative estimate of drug-likeness (QED) is 0.265. The van der Waals surface area contributed by atoms with Gasteiger partial charge in [0, 0.05) is 17.2 Å². The third-order valence-electron chi connectivity index (χ3n) is 7.13. The molecule has 44 heavy (non-hydrogen) atoms. The van der Waals surface area contributed by atoms with Gasteiger partial charge >= 0.3 is 11.9 Å². The first-order valence-electron chi connectivity index (χ1n) is 13.8. The lowest BCUT2D eigenvalue weighted by Crippen LogP contribution is -2.40. The maximum absolute atomic E-state index is 14.1. The molecule has 10 nitrogen and oxygen atoms in total. The number of carbonyl (C=O) groups is 2. The average Bonchev–Trinajstić information content (AvgIpc) is 3.58. The van der Waals surface area contributed by atoms with Gasteiger partial charge in [0.05, 0.1) is 48.8 Å². The number of rotatable bonds is 8. The summed E-state index contributed by atoms with van der Waals surface area (Å²) < 4.78 is 29.5. The van der Waals surface area contributed by atoms with Gasteiger partial charge < -0.3 is 23.4 Å². The van der Waals surface area contributed by atoms with Crippen LogP contribution in [0.25, 0.3) is 17.4 Å². The summed E-state index contributed by atoms with van der Waals surface area (Å²) in [5.74, 6) is 1.04. The van der Waals surface area contributed by atoms with Crippen LogP contribution in [0.4, 0.5) is 0 Å². The second-order valence-corrected chi connectivity index (χ2v) is 11.4. The summed E-state index contributed by atoms with van der Waals surface area (Å²) in [4.78, 5) is 44.5. The fourth-order valence-electron chi connectivity index (χ4n) is 5.10. The van der Waals surface area contributed by atoms with Crippen LogP contribution in [0.3, 0.4) is 0 Å². The van der Waals surface area contributed by atoms with E-state index in [0.717, 1.165) is 11.1 Å². The number of ether oxygens (including phenoxy) is 4. The number of thiazole rings is 1. The average molecular weight is 617 g/mol. The molecule has 1 aliphatic heterocycles. The molecule has 5 rings (SSSR count). The van der Waals surface area contributed by atoms with E-state index in [1.807, 2.05) is 6.92 Å². The van der Waals surface area contributed by atoms with Gasteiger partial charge in [-0.1, -0.05) is 17.4 Å². The van der Waals surface area contributed by atoms with Crippen LogP contribution in [0.1, 0.15) is 54.1 Å². The summed E-state index contributed by atoms with van der Waals surface area (Å²) in [5.41, 5.74) is 2.93. The van der Waals surface area contributed by atoms with Crippen LogP contribution < -0.4 is 24.4 Å². The van der Waals surface area contributed by atoms with Crippen molar-refractivity contribution in [3.63, 3.8) is 0 Å². The van der Waals surface area contributed by atoms with Gasteiger partial charge in [-0.05, 0) is 75.7 Å². The van der Waals surface area contributed by atoms with Crippen LogP contribution in [-0.4, -0.2) is 43.9 Å². The van der Waals surface area contributed by atoms with E-state index in [1.165, 1.54) is 30.1 Å². The van der Waals surface area contributed by atoms with E-state index in [9.17, 15) is 14.4 Å². The highest BCUT2D eigenvalue weighted by molar-refractivity contribution is 7.07. The van der Waals surface area contributed by atoms with Gasteiger partial charge in [-0.2, -0.15) is 0 Å². The van der Waals surface area contributed by atoms with E-state index < -0.39 is 18.0 Å². The smallest absolute Gasteiger partial charge is 0.338 e. The van der Waals surface area contributed by atoms with Crippen molar-refractivity contribution in [3.05, 3.63) is 102 Å². The van der Waals surface area contributed by atoms with Crippen LogP contribution in [0.15, 0.2) is 74.0 Å². The Hall–Kier alpha value is -4.90. The minimum absolute atomic E-state index is 0.232. The topological polar surface area (TPSA) is 119 Å². The van der Waals surface area contributed by atoms with E-state index in [1.54, 1.807) is 82.5 Å². The predicted molar refractivity (Wildman–Crippen MR) is 165 cm³/mol. The Kier molecular flexibility index (Phi) is 8.59. The van der Waals surface area contributed by atoms with Crippen LogP contribution >= 0.6 is 11.3 Å². The molecule has 3 heterocycles. The maximum atomic E-state index is 14.1. The van der Waals surface area contributed by atoms with Gasteiger partial charge in [-0.15, -0.1) is 0 Å². The Labute approximate surface area is 257 Å². The normalized spacial score (nSPS) is 14.7. The molecule has 4 aromatic rings. The molecule has 2 aromatic heterocycles. The number of methoxy groups -OCH3 is 3. The van der Waals surface area contributed by atoms with Crippen molar-refractivity contribution >= 4 is 29.4 Å². The number of allylic oxidation sites excluding steroid dienone is 1. The second-order valence-electron chi connectivity index (χ2n) is 10.4. The maximum Gasteiger partial charge on any atom is 0.338 e. The number of carbonyl (C=O) groups excluding carboxylic acids is 2. The molecule has 0 spiro atoms.